The third-order valence-corrected chi connectivity index (χ3v) is 5.96. The van der Waals surface area contributed by atoms with Gasteiger partial charge in [0.05, 0.1) is 29.4 Å². The van der Waals surface area contributed by atoms with E-state index < -0.39 is 17.3 Å². The molecule has 10 heteroatoms. The second kappa shape index (κ2) is 8.76. The zero-order chi connectivity index (χ0) is 22.9. The van der Waals surface area contributed by atoms with Crippen LogP contribution in [0.1, 0.15) is 25.7 Å². The molecule has 0 unspecified atom stereocenters. The van der Waals surface area contributed by atoms with Crippen LogP contribution >= 0.6 is 11.6 Å². The smallest absolute Gasteiger partial charge is 0.323 e. The number of nitrogens with one attached hydrogen (secondary N) is 1. The summed E-state index contributed by atoms with van der Waals surface area (Å²) < 4.78 is 26.0. The molecule has 168 valence electrons. The number of anilines is 2. The van der Waals surface area contributed by atoms with Gasteiger partial charge in [-0.05, 0) is 43.9 Å². The number of hydrogen-bond donors (Lipinski definition) is 3. The number of carbonyl (C=O) groups is 1. The lowest BCUT2D eigenvalue weighted by Gasteiger charge is -2.34. The van der Waals surface area contributed by atoms with Crippen LogP contribution in [0, 0.1) is 5.82 Å². The number of carboxylic acids is 1. The van der Waals surface area contributed by atoms with Crippen LogP contribution in [0.5, 0.6) is 11.5 Å². The molecule has 1 fully saturated rings. The summed E-state index contributed by atoms with van der Waals surface area (Å²) in [5.41, 5.74) is 5.49. The Labute approximate surface area is 188 Å². The Morgan fingerprint density at radius 2 is 2.03 bits per heavy atom. The fraction of sp³-hybridized carbons (Fsp3) is 0.318. The number of hydrogen-bond acceptors (Lipinski definition) is 7. The molecule has 3 aromatic rings. The first-order valence-corrected chi connectivity index (χ1v) is 10.4. The summed E-state index contributed by atoms with van der Waals surface area (Å²) in [5, 5.41) is 12.9. The van der Waals surface area contributed by atoms with Crippen molar-refractivity contribution in [3.05, 3.63) is 47.5 Å². The third-order valence-electron chi connectivity index (χ3n) is 5.67. The van der Waals surface area contributed by atoms with Crippen molar-refractivity contribution in [2.45, 2.75) is 37.3 Å². The quantitative estimate of drug-likeness (QED) is 0.498. The van der Waals surface area contributed by atoms with E-state index in [4.69, 9.17) is 26.8 Å². The molecule has 0 bridgehead atoms. The van der Waals surface area contributed by atoms with E-state index in [0.29, 0.717) is 53.9 Å². The predicted octanol–water partition coefficient (Wildman–Crippen LogP) is 4.28. The molecule has 0 atom stereocenters. The molecule has 0 radical (unpaired) electrons. The number of carboxylic acid groups (broad SMARTS) is 1. The summed E-state index contributed by atoms with van der Waals surface area (Å²) in [6, 6.07) is 8.08. The van der Waals surface area contributed by atoms with Gasteiger partial charge in [-0.15, -0.1) is 0 Å². The maximum absolute atomic E-state index is 14.4. The number of halogens is 2. The molecule has 1 aromatic heterocycles. The van der Waals surface area contributed by atoms with E-state index in [0.717, 1.165) is 0 Å². The molecule has 1 saturated carbocycles. The molecule has 4 rings (SSSR count). The summed E-state index contributed by atoms with van der Waals surface area (Å²) in [6.07, 6.45) is 2.76. The van der Waals surface area contributed by atoms with Crippen LogP contribution in [0.4, 0.5) is 15.9 Å². The van der Waals surface area contributed by atoms with Crippen LogP contribution in [-0.4, -0.2) is 39.8 Å². The molecule has 4 N–H and O–H groups in total. The average molecular weight is 461 g/mol. The topological polar surface area (TPSA) is 120 Å². The van der Waals surface area contributed by atoms with Gasteiger partial charge in [-0.2, -0.15) is 0 Å². The van der Waals surface area contributed by atoms with Gasteiger partial charge in [-0.1, -0.05) is 17.7 Å². The highest BCUT2D eigenvalue weighted by Gasteiger charge is 2.39. The Kier molecular flexibility index (Phi) is 6.03. The normalized spacial score (nSPS) is 20.7. The lowest BCUT2D eigenvalue weighted by molar-refractivity contribution is -0.145. The minimum atomic E-state index is -1.22. The lowest BCUT2D eigenvalue weighted by Crippen LogP contribution is -2.51. The predicted molar refractivity (Wildman–Crippen MR) is 118 cm³/mol. The number of ether oxygens (including phenoxy) is 2. The molecular weight excluding hydrogens is 439 g/mol. The summed E-state index contributed by atoms with van der Waals surface area (Å²) in [5.74, 6) is -0.287. The lowest BCUT2D eigenvalue weighted by atomic mass is 9.81. The van der Waals surface area contributed by atoms with E-state index in [-0.39, 0.29) is 16.8 Å². The van der Waals surface area contributed by atoms with Gasteiger partial charge in [0.1, 0.15) is 17.7 Å². The number of rotatable bonds is 6. The van der Waals surface area contributed by atoms with Crippen LogP contribution in [0.2, 0.25) is 5.02 Å². The molecule has 32 heavy (non-hydrogen) atoms. The first-order valence-electron chi connectivity index (χ1n) is 10.0. The van der Waals surface area contributed by atoms with Crippen molar-refractivity contribution in [3.63, 3.8) is 0 Å². The summed E-state index contributed by atoms with van der Waals surface area (Å²) in [7, 11) is 1.52. The number of fused-ring (bicyclic) bond motifs is 1. The van der Waals surface area contributed by atoms with E-state index in [1.807, 2.05) is 0 Å². The van der Waals surface area contributed by atoms with Gasteiger partial charge in [0.25, 0.3) is 0 Å². The summed E-state index contributed by atoms with van der Waals surface area (Å²) in [6.45, 7) is 0. The van der Waals surface area contributed by atoms with E-state index in [9.17, 15) is 14.3 Å². The fourth-order valence-corrected chi connectivity index (χ4v) is 3.94. The summed E-state index contributed by atoms with van der Waals surface area (Å²) >= 11 is 5.88. The van der Waals surface area contributed by atoms with Crippen molar-refractivity contribution in [1.29, 1.82) is 0 Å². The summed E-state index contributed by atoms with van der Waals surface area (Å²) in [4.78, 5) is 19.9. The Hall–Kier alpha value is -3.17. The highest BCUT2D eigenvalue weighted by molar-refractivity contribution is 6.31. The molecule has 0 aliphatic heterocycles. The fourth-order valence-electron chi connectivity index (χ4n) is 3.76. The minimum Gasteiger partial charge on any atom is -0.493 e. The molecule has 0 amide bonds. The van der Waals surface area contributed by atoms with Crippen molar-refractivity contribution in [3.8, 4) is 11.5 Å². The second-order valence-electron chi connectivity index (χ2n) is 7.75. The van der Waals surface area contributed by atoms with Crippen molar-refractivity contribution in [1.82, 2.24) is 9.97 Å². The molecule has 1 aliphatic rings. The first kappa shape index (κ1) is 22.0. The third kappa shape index (κ3) is 4.26. The molecule has 8 nitrogen and oxygen atoms in total. The number of aromatic nitrogens is 2. The van der Waals surface area contributed by atoms with E-state index in [1.54, 1.807) is 24.3 Å². The Morgan fingerprint density at radius 1 is 1.28 bits per heavy atom. The van der Waals surface area contributed by atoms with Crippen LogP contribution in [0.3, 0.4) is 0 Å². The van der Waals surface area contributed by atoms with E-state index in [1.165, 1.54) is 19.5 Å². The van der Waals surface area contributed by atoms with Gasteiger partial charge in [-0.3, -0.25) is 4.79 Å². The monoisotopic (exact) mass is 460 g/mol. The van der Waals surface area contributed by atoms with Crippen LogP contribution in [0.25, 0.3) is 10.9 Å². The standard InChI is InChI=1S/C22H22ClFN4O4/c1-31-17-10-16-13(9-18(17)32-12-5-7-22(25,8-6-12)21(29)30)20(27-11-26-16)28-15-4-2-3-14(23)19(15)24/h2-4,9-12H,5-8,25H2,1H3,(H,29,30)(H,26,27,28)/t12-,22-. The average Bonchev–Trinajstić information content (AvgIpc) is 2.78. The maximum atomic E-state index is 14.4. The van der Waals surface area contributed by atoms with Gasteiger partial charge in [0, 0.05) is 11.5 Å². The number of benzene rings is 2. The van der Waals surface area contributed by atoms with Gasteiger partial charge in [0.2, 0.25) is 0 Å². The first-order chi connectivity index (χ1) is 15.3. The molecule has 0 spiro atoms. The highest BCUT2D eigenvalue weighted by atomic mass is 35.5. The van der Waals surface area contributed by atoms with Crippen LogP contribution in [0.15, 0.2) is 36.7 Å². The zero-order valence-electron chi connectivity index (χ0n) is 17.3. The highest BCUT2D eigenvalue weighted by Crippen LogP contribution is 2.38. The van der Waals surface area contributed by atoms with Gasteiger partial charge in [0.15, 0.2) is 17.3 Å². The number of aliphatic carboxylic acids is 1. The van der Waals surface area contributed by atoms with Crippen molar-refractivity contribution >= 4 is 40.0 Å². The molecule has 2 aromatic carbocycles. The van der Waals surface area contributed by atoms with Crippen LogP contribution in [-0.2, 0) is 4.79 Å². The zero-order valence-corrected chi connectivity index (χ0v) is 18.0. The van der Waals surface area contributed by atoms with E-state index >= 15 is 0 Å². The molecule has 1 heterocycles. The minimum absolute atomic E-state index is 0.00584. The maximum Gasteiger partial charge on any atom is 0.323 e. The SMILES string of the molecule is COc1cc2ncnc(Nc3cccc(Cl)c3F)c2cc1O[C@H]1CC[C@@](N)(C(=O)O)CC1. The number of nitrogens with two attached hydrogens (primary N) is 1. The largest absolute Gasteiger partial charge is 0.493 e. The van der Waals surface area contributed by atoms with Crippen molar-refractivity contribution in [2.24, 2.45) is 5.73 Å². The second-order valence-corrected chi connectivity index (χ2v) is 8.15. The Morgan fingerprint density at radius 3 is 2.72 bits per heavy atom. The van der Waals surface area contributed by atoms with Crippen LogP contribution < -0.4 is 20.5 Å². The van der Waals surface area contributed by atoms with Crippen molar-refractivity contribution in [2.75, 3.05) is 12.4 Å². The number of nitrogens with zero attached hydrogens (tertiary/aromatic N) is 2. The molecular formula is C22H22ClFN4O4. The molecule has 1 aliphatic carbocycles. The number of methoxy groups -OCH3 is 1. The molecule has 0 saturated heterocycles. The van der Waals surface area contributed by atoms with Gasteiger partial charge in [-0.25, -0.2) is 14.4 Å². The van der Waals surface area contributed by atoms with Crippen molar-refractivity contribution < 1.29 is 23.8 Å². The van der Waals surface area contributed by atoms with Gasteiger partial charge >= 0.3 is 5.97 Å². The Bertz CT molecular complexity index is 1170. The Balaban J connectivity index is 1.64. The van der Waals surface area contributed by atoms with E-state index in [2.05, 4.69) is 15.3 Å². The van der Waals surface area contributed by atoms with Gasteiger partial charge < -0.3 is 25.6 Å².